The molecule has 176 valence electrons. The van der Waals surface area contributed by atoms with Crippen molar-refractivity contribution in [3.8, 4) is 0 Å². The number of halogens is 1. The second-order valence-electron chi connectivity index (χ2n) is 8.17. The Hall–Kier alpha value is -3.52. The molecule has 1 saturated carbocycles. The minimum absolute atomic E-state index is 0.00645. The van der Waals surface area contributed by atoms with Crippen LogP contribution < -0.4 is 15.5 Å². The maximum Gasteiger partial charge on any atom is 0.261 e. The van der Waals surface area contributed by atoms with Gasteiger partial charge in [0, 0.05) is 17.3 Å². The van der Waals surface area contributed by atoms with Gasteiger partial charge < -0.3 is 10.6 Å². The van der Waals surface area contributed by atoms with Crippen molar-refractivity contribution in [2.75, 3.05) is 11.4 Å². The third-order valence-electron chi connectivity index (χ3n) is 5.86. The lowest BCUT2D eigenvalue weighted by molar-refractivity contribution is -0.126. The van der Waals surface area contributed by atoms with Crippen molar-refractivity contribution < 1.29 is 18.8 Å². The van der Waals surface area contributed by atoms with E-state index in [0.29, 0.717) is 10.6 Å². The molecule has 1 aliphatic carbocycles. The topological polar surface area (TPSA) is 78.5 Å². The molecular weight excluding hydrogens is 453 g/mol. The summed E-state index contributed by atoms with van der Waals surface area (Å²) in [6, 6.07) is 16.8. The highest BCUT2D eigenvalue weighted by molar-refractivity contribution is 7.12. The van der Waals surface area contributed by atoms with E-state index in [1.165, 1.54) is 28.4 Å². The summed E-state index contributed by atoms with van der Waals surface area (Å²) in [4.78, 5) is 41.2. The van der Waals surface area contributed by atoms with E-state index in [-0.39, 0.29) is 24.1 Å². The minimum atomic E-state index is -1.23. The molecule has 3 aromatic rings. The van der Waals surface area contributed by atoms with Crippen LogP contribution in [-0.2, 0) is 9.59 Å². The number of hydrogen-bond donors (Lipinski definition) is 2. The molecule has 1 atom stereocenters. The van der Waals surface area contributed by atoms with Crippen molar-refractivity contribution in [1.82, 2.24) is 10.6 Å². The largest absolute Gasteiger partial charge is 0.351 e. The van der Waals surface area contributed by atoms with Crippen molar-refractivity contribution in [3.05, 3.63) is 88.4 Å². The summed E-state index contributed by atoms with van der Waals surface area (Å²) in [7, 11) is 0. The first-order valence-electron chi connectivity index (χ1n) is 11.3. The molecule has 3 amide bonds. The maximum absolute atomic E-state index is 15.0. The molecule has 0 aliphatic heterocycles. The Kier molecular flexibility index (Phi) is 7.69. The molecule has 1 aromatic heterocycles. The molecule has 0 unspecified atom stereocenters. The van der Waals surface area contributed by atoms with Crippen LogP contribution in [0.15, 0.2) is 72.1 Å². The molecule has 4 rings (SSSR count). The predicted molar refractivity (Wildman–Crippen MR) is 130 cm³/mol. The SMILES string of the molecule is O=C(NCC(=O)N(c1ccccc1)[C@H](C(=O)NC1CCCC1)c1ccccc1F)c1cccs1. The number of anilines is 1. The fraction of sp³-hybridized carbons (Fsp3) is 0.269. The third kappa shape index (κ3) is 5.51. The monoisotopic (exact) mass is 479 g/mol. The molecule has 0 bridgehead atoms. The molecular formula is C26H26FN3O3S. The van der Waals surface area contributed by atoms with Crippen molar-refractivity contribution in [2.45, 2.75) is 37.8 Å². The Labute approximate surface area is 201 Å². The number of hydrogen-bond acceptors (Lipinski definition) is 4. The maximum atomic E-state index is 15.0. The van der Waals surface area contributed by atoms with Gasteiger partial charge in [0.05, 0.1) is 11.4 Å². The highest BCUT2D eigenvalue weighted by atomic mass is 32.1. The third-order valence-corrected chi connectivity index (χ3v) is 6.72. The zero-order chi connectivity index (χ0) is 23.9. The Morgan fingerprint density at radius 1 is 0.971 bits per heavy atom. The lowest BCUT2D eigenvalue weighted by Gasteiger charge is -2.32. The first-order valence-corrected chi connectivity index (χ1v) is 12.2. The predicted octanol–water partition coefficient (Wildman–Crippen LogP) is 4.45. The minimum Gasteiger partial charge on any atom is -0.351 e. The van der Waals surface area contributed by atoms with Gasteiger partial charge in [-0.15, -0.1) is 11.3 Å². The standard InChI is InChI=1S/C26H26FN3O3S/c27-21-14-7-6-13-20(21)24(26(33)29-18-9-4-5-10-18)30(19-11-2-1-3-12-19)23(31)17-28-25(32)22-15-8-16-34-22/h1-3,6-8,11-16,18,24H,4-5,9-10,17H2,(H,28,32)(H,29,33)/t24-/m0/s1. The van der Waals surface area contributed by atoms with Crippen LogP contribution in [0.3, 0.4) is 0 Å². The average molecular weight is 480 g/mol. The summed E-state index contributed by atoms with van der Waals surface area (Å²) in [6.07, 6.45) is 3.74. The first-order chi connectivity index (χ1) is 16.5. The fourth-order valence-electron chi connectivity index (χ4n) is 4.21. The Bertz CT molecular complexity index is 1130. The number of nitrogens with one attached hydrogen (secondary N) is 2. The van der Waals surface area contributed by atoms with Gasteiger partial charge in [-0.1, -0.05) is 55.3 Å². The van der Waals surface area contributed by atoms with Crippen LogP contribution in [0.25, 0.3) is 0 Å². The smallest absolute Gasteiger partial charge is 0.261 e. The van der Waals surface area contributed by atoms with E-state index >= 15 is 0 Å². The fourth-order valence-corrected chi connectivity index (χ4v) is 4.85. The second kappa shape index (κ2) is 11.1. The molecule has 1 fully saturated rings. The van der Waals surface area contributed by atoms with Crippen molar-refractivity contribution in [1.29, 1.82) is 0 Å². The molecule has 1 heterocycles. The van der Waals surface area contributed by atoms with Gasteiger partial charge in [0.15, 0.2) is 0 Å². The number of thiophene rings is 1. The van der Waals surface area contributed by atoms with Crippen LogP contribution in [0.1, 0.15) is 47.0 Å². The van der Waals surface area contributed by atoms with Crippen LogP contribution in [-0.4, -0.2) is 30.3 Å². The van der Waals surface area contributed by atoms with E-state index < -0.39 is 23.7 Å². The second-order valence-corrected chi connectivity index (χ2v) is 9.12. The number of nitrogens with zero attached hydrogens (tertiary/aromatic N) is 1. The van der Waals surface area contributed by atoms with Gasteiger partial charge in [0.2, 0.25) is 11.8 Å². The van der Waals surface area contributed by atoms with Crippen molar-refractivity contribution in [2.24, 2.45) is 0 Å². The van der Waals surface area contributed by atoms with Gasteiger partial charge in [-0.25, -0.2) is 4.39 Å². The van der Waals surface area contributed by atoms with Crippen LogP contribution >= 0.6 is 11.3 Å². The van der Waals surface area contributed by atoms with E-state index in [2.05, 4.69) is 10.6 Å². The molecule has 6 nitrogen and oxygen atoms in total. The Balaban J connectivity index is 1.67. The normalized spacial score (nSPS) is 14.4. The number of carbonyl (C=O) groups is 3. The molecule has 0 spiro atoms. The highest BCUT2D eigenvalue weighted by Crippen LogP contribution is 2.30. The van der Waals surface area contributed by atoms with E-state index in [1.807, 2.05) is 0 Å². The van der Waals surface area contributed by atoms with Gasteiger partial charge in [0.25, 0.3) is 5.91 Å². The van der Waals surface area contributed by atoms with E-state index in [1.54, 1.807) is 60.0 Å². The Morgan fingerprint density at radius 2 is 1.68 bits per heavy atom. The molecule has 0 saturated heterocycles. The zero-order valence-electron chi connectivity index (χ0n) is 18.6. The lowest BCUT2D eigenvalue weighted by atomic mass is 10.0. The average Bonchev–Trinajstić information content (AvgIpc) is 3.56. The highest BCUT2D eigenvalue weighted by Gasteiger charge is 2.35. The quantitative estimate of drug-likeness (QED) is 0.501. The van der Waals surface area contributed by atoms with Gasteiger partial charge in [-0.3, -0.25) is 19.3 Å². The van der Waals surface area contributed by atoms with E-state index in [0.717, 1.165) is 25.7 Å². The lowest BCUT2D eigenvalue weighted by Crippen LogP contribution is -2.49. The number of benzene rings is 2. The Morgan fingerprint density at radius 3 is 2.35 bits per heavy atom. The number of para-hydroxylation sites is 1. The van der Waals surface area contributed by atoms with Crippen molar-refractivity contribution >= 4 is 34.7 Å². The van der Waals surface area contributed by atoms with Crippen molar-refractivity contribution in [3.63, 3.8) is 0 Å². The van der Waals surface area contributed by atoms with Gasteiger partial charge in [0.1, 0.15) is 11.9 Å². The van der Waals surface area contributed by atoms with Gasteiger partial charge in [-0.05, 0) is 42.5 Å². The molecule has 34 heavy (non-hydrogen) atoms. The zero-order valence-corrected chi connectivity index (χ0v) is 19.4. The van der Waals surface area contributed by atoms with Gasteiger partial charge >= 0.3 is 0 Å². The van der Waals surface area contributed by atoms with Gasteiger partial charge in [-0.2, -0.15) is 0 Å². The van der Waals surface area contributed by atoms with E-state index in [9.17, 15) is 18.8 Å². The summed E-state index contributed by atoms with van der Waals surface area (Å²) in [5.74, 6) is -1.93. The van der Waals surface area contributed by atoms with Crippen LogP contribution in [0.4, 0.5) is 10.1 Å². The summed E-state index contributed by atoms with van der Waals surface area (Å²) < 4.78 is 15.0. The molecule has 2 N–H and O–H groups in total. The number of carbonyl (C=O) groups excluding carboxylic acids is 3. The summed E-state index contributed by atoms with van der Waals surface area (Å²) in [5.41, 5.74) is 0.535. The van der Waals surface area contributed by atoms with Crippen LogP contribution in [0, 0.1) is 5.82 Å². The molecule has 1 aliphatic rings. The first kappa shape index (κ1) is 23.6. The van der Waals surface area contributed by atoms with Crippen LogP contribution in [0.5, 0.6) is 0 Å². The summed E-state index contributed by atoms with van der Waals surface area (Å²) >= 11 is 1.26. The van der Waals surface area contributed by atoms with Crippen LogP contribution in [0.2, 0.25) is 0 Å². The molecule has 2 aromatic carbocycles. The molecule has 0 radical (unpaired) electrons. The summed E-state index contributed by atoms with van der Waals surface area (Å²) in [5, 5.41) is 7.41. The molecule has 8 heteroatoms. The number of amides is 3. The summed E-state index contributed by atoms with van der Waals surface area (Å²) in [6.45, 7) is -0.340. The van der Waals surface area contributed by atoms with E-state index in [4.69, 9.17) is 0 Å². The number of rotatable bonds is 8.